The molecule has 1 aliphatic carbocycles. The largest absolute Gasteiger partial charge is 0.328 e. The van der Waals surface area contributed by atoms with E-state index >= 15 is 0 Å². The van der Waals surface area contributed by atoms with Gasteiger partial charge < -0.3 is 9.80 Å². The molecular formula is C13H24N2O. The highest BCUT2D eigenvalue weighted by atomic mass is 16.2. The average molecular weight is 224 g/mol. The van der Waals surface area contributed by atoms with Crippen LogP contribution in [0.3, 0.4) is 0 Å². The van der Waals surface area contributed by atoms with Crippen molar-refractivity contribution < 1.29 is 4.79 Å². The fraction of sp³-hybridized carbons (Fsp3) is 0.923. The summed E-state index contributed by atoms with van der Waals surface area (Å²) in [5.41, 5.74) is 0. The van der Waals surface area contributed by atoms with Gasteiger partial charge in [0.05, 0.1) is 0 Å². The minimum atomic E-state index is 0.249. The summed E-state index contributed by atoms with van der Waals surface area (Å²) in [6, 6.07) is 0.795. The second-order valence-corrected chi connectivity index (χ2v) is 5.24. The summed E-state index contributed by atoms with van der Waals surface area (Å²) in [7, 11) is 1.91. The summed E-state index contributed by atoms with van der Waals surface area (Å²) in [5.74, 6) is 0.789. The number of carbonyl (C=O) groups excluding carboxylic acids is 1. The Hall–Kier alpha value is -0.730. The summed E-state index contributed by atoms with van der Waals surface area (Å²) in [5, 5.41) is 0. The van der Waals surface area contributed by atoms with Crippen LogP contribution >= 0.6 is 0 Å². The zero-order chi connectivity index (χ0) is 11.5. The van der Waals surface area contributed by atoms with Crippen molar-refractivity contribution in [1.82, 2.24) is 9.80 Å². The van der Waals surface area contributed by atoms with Gasteiger partial charge in [0.2, 0.25) is 0 Å². The zero-order valence-corrected chi connectivity index (χ0v) is 10.6. The molecule has 92 valence electrons. The van der Waals surface area contributed by atoms with E-state index in [0.29, 0.717) is 6.04 Å². The summed E-state index contributed by atoms with van der Waals surface area (Å²) in [4.78, 5) is 16.2. The first-order chi connectivity index (χ1) is 7.74. The van der Waals surface area contributed by atoms with Gasteiger partial charge in [0.15, 0.2) is 0 Å². The third-order valence-corrected chi connectivity index (χ3v) is 4.29. The third-order valence-electron chi connectivity index (χ3n) is 4.29. The topological polar surface area (TPSA) is 23.6 Å². The molecule has 0 aromatic rings. The van der Waals surface area contributed by atoms with Crippen LogP contribution in [-0.2, 0) is 0 Å². The fourth-order valence-corrected chi connectivity index (χ4v) is 3.22. The van der Waals surface area contributed by atoms with Crippen LogP contribution in [0.2, 0.25) is 0 Å². The summed E-state index contributed by atoms with van der Waals surface area (Å²) < 4.78 is 0. The second kappa shape index (κ2) is 5.07. The van der Waals surface area contributed by atoms with E-state index in [0.717, 1.165) is 19.0 Å². The van der Waals surface area contributed by atoms with Crippen molar-refractivity contribution in [3.05, 3.63) is 0 Å². The van der Waals surface area contributed by atoms with Crippen LogP contribution in [0, 0.1) is 5.92 Å². The Labute approximate surface area is 98.8 Å². The molecule has 2 atom stereocenters. The Balaban J connectivity index is 2.04. The molecule has 0 bridgehead atoms. The number of fused-ring (bicyclic) bond motifs is 1. The number of urea groups is 1. The van der Waals surface area contributed by atoms with Gasteiger partial charge in [0, 0.05) is 26.2 Å². The van der Waals surface area contributed by atoms with Crippen LogP contribution in [-0.4, -0.2) is 42.0 Å². The molecule has 0 spiro atoms. The average Bonchev–Trinajstić information content (AvgIpc) is 2.36. The van der Waals surface area contributed by atoms with Crippen LogP contribution < -0.4 is 0 Å². The molecular weight excluding hydrogens is 200 g/mol. The molecule has 1 heterocycles. The molecule has 2 rings (SSSR count). The maximum absolute atomic E-state index is 12.2. The fourth-order valence-electron chi connectivity index (χ4n) is 3.22. The van der Waals surface area contributed by atoms with E-state index in [2.05, 4.69) is 4.90 Å². The highest BCUT2D eigenvalue weighted by Gasteiger charge is 2.36. The van der Waals surface area contributed by atoms with E-state index in [1.54, 1.807) is 0 Å². The van der Waals surface area contributed by atoms with E-state index in [1.165, 1.54) is 38.5 Å². The number of hydrogen-bond donors (Lipinski definition) is 0. The van der Waals surface area contributed by atoms with E-state index in [9.17, 15) is 4.79 Å². The number of hydrogen-bond acceptors (Lipinski definition) is 1. The molecule has 2 fully saturated rings. The molecule has 1 aliphatic heterocycles. The molecule has 0 aromatic carbocycles. The summed E-state index contributed by atoms with van der Waals surface area (Å²) >= 11 is 0. The lowest BCUT2D eigenvalue weighted by atomic mass is 9.78. The standard InChI is InChI=1S/C13H24N2O/c1-3-14(2)13(16)15-10-6-8-11-7-4-5-9-12(11)15/h11-12H,3-10H2,1-2H3/t11-,12-/m1/s1. The summed E-state index contributed by atoms with van der Waals surface area (Å²) in [6.45, 7) is 3.83. The van der Waals surface area contributed by atoms with Gasteiger partial charge in [0.1, 0.15) is 0 Å². The van der Waals surface area contributed by atoms with Crippen LogP contribution in [0.1, 0.15) is 45.4 Å². The SMILES string of the molecule is CCN(C)C(=O)N1CCC[C@H]2CCCC[C@H]21. The quantitative estimate of drug-likeness (QED) is 0.672. The molecule has 0 radical (unpaired) electrons. The van der Waals surface area contributed by atoms with E-state index in [1.807, 2.05) is 18.9 Å². The van der Waals surface area contributed by atoms with Crippen molar-refractivity contribution in [1.29, 1.82) is 0 Å². The molecule has 0 aromatic heterocycles. The van der Waals surface area contributed by atoms with Crippen molar-refractivity contribution in [2.45, 2.75) is 51.5 Å². The number of piperidine rings is 1. The van der Waals surface area contributed by atoms with Gasteiger partial charge >= 0.3 is 6.03 Å². The van der Waals surface area contributed by atoms with Crippen molar-refractivity contribution >= 4 is 6.03 Å². The van der Waals surface area contributed by atoms with Crippen LogP contribution in [0.15, 0.2) is 0 Å². The van der Waals surface area contributed by atoms with E-state index in [4.69, 9.17) is 0 Å². The number of carbonyl (C=O) groups is 1. The molecule has 1 saturated heterocycles. The number of amides is 2. The molecule has 0 unspecified atom stereocenters. The van der Waals surface area contributed by atoms with Gasteiger partial charge in [-0.15, -0.1) is 0 Å². The lowest BCUT2D eigenvalue weighted by Gasteiger charge is -2.45. The number of nitrogens with zero attached hydrogens (tertiary/aromatic N) is 2. The van der Waals surface area contributed by atoms with Gasteiger partial charge in [0.25, 0.3) is 0 Å². The van der Waals surface area contributed by atoms with Crippen LogP contribution in [0.5, 0.6) is 0 Å². The first kappa shape index (κ1) is 11.7. The second-order valence-electron chi connectivity index (χ2n) is 5.24. The number of rotatable bonds is 1. The van der Waals surface area contributed by atoms with Gasteiger partial charge in [-0.05, 0) is 38.5 Å². The molecule has 3 nitrogen and oxygen atoms in total. The predicted octanol–water partition coefficient (Wildman–Crippen LogP) is 2.71. The maximum atomic E-state index is 12.2. The molecule has 2 aliphatic rings. The van der Waals surface area contributed by atoms with Crippen molar-refractivity contribution in [2.75, 3.05) is 20.1 Å². The molecule has 3 heteroatoms. The third kappa shape index (κ3) is 2.18. The van der Waals surface area contributed by atoms with Crippen molar-refractivity contribution in [2.24, 2.45) is 5.92 Å². The maximum Gasteiger partial charge on any atom is 0.319 e. The minimum absolute atomic E-state index is 0.249. The van der Waals surface area contributed by atoms with Crippen LogP contribution in [0.4, 0.5) is 4.79 Å². The normalized spacial score (nSPS) is 29.8. The Morgan fingerprint density at radius 1 is 1.25 bits per heavy atom. The van der Waals surface area contributed by atoms with Gasteiger partial charge in [-0.1, -0.05) is 12.8 Å². The van der Waals surface area contributed by atoms with Gasteiger partial charge in [-0.2, -0.15) is 0 Å². The molecule has 1 saturated carbocycles. The molecule has 0 N–H and O–H groups in total. The molecule has 2 amide bonds. The Morgan fingerprint density at radius 3 is 2.69 bits per heavy atom. The van der Waals surface area contributed by atoms with E-state index < -0.39 is 0 Å². The predicted molar refractivity (Wildman–Crippen MR) is 65.4 cm³/mol. The Morgan fingerprint density at radius 2 is 1.94 bits per heavy atom. The zero-order valence-electron chi connectivity index (χ0n) is 10.6. The lowest BCUT2D eigenvalue weighted by molar-refractivity contribution is 0.0691. The van der Waals surface area contributed by atoms with Crippen molar-refractivity contribution in [3.8, 4) is 0 Å². The monoisotopic (exact) mass is 224 g/mol. The number of likely N-dealkylation sites (tertiary alicyclic amines) is 1. The highest BCUT2D eigenvalue weighted by Crippen LogP contribution is 2.35. The lowest BCUT2D eigenvalue weighted by Crippen LogP contribution is -2.53. The highest BCUT2D eigenvalue weighted by molar-refractivity contribution is 5.74. The minimum Gasteiger partial charge on any atom is -0.328 e. The Bertz CT molecular complexity index is 252. The Kier molecular flexibility index (Phi) is 3.72. The smallest absolute Gasteiger partial charge is 0.319 e. The van der Waals surface area contributed by atoms with Crippen molar-refractivity contribution in [3.63, 3.8) is 0 Å². The molecule has 16 heavy (non-hydrogen) atoms. The van der Waals surface area contributed by atoms with Gasteiger partial charge in [-0.25, -0.2) is 4.79 Å². The van der Waals surface area contributed by atoms with Crippen LogP contribution in [0.25, 0.3) is 0 Å². The van der Waals surface area contributed by atoms with E-state index in [-0.39, 0.29) is 6.03 Å². The first-order valence-corrected chi connectivity index (χ1v) is 6.75. The van der Waals surface area contributed by atoms with Gasteiger partial charge in [-0.3, -0.25) is 0 Å². The summed E-state index contributed by atoms with van der Waals surface area (Å²) in [6.07, 6.45) is 7.78. The first-order valence-electron chi connectivity index (χ1n) is 6.75.